The van der Waals surface area contributed by atoms with Gasteiger partial charge in [0, 0.05) is 17.1 Å². The molecule has 0 aromatic heterocycles. The van der Waals surface area contributed by atoms with Gasteiger partial charge in [-0.15, -0.1) is 0 Å². The van der Waals surface area contributed by atoms with Crippen molar-refractivity contribution in [2.45, 2.75) is 95.9 Å². The summed E-state index contributed by atoms with van der Waals surface area (Å²) < 4.78 is 0. The van der Waals surface area contributed by atoms with Gasteiger partial charge < -0.3 is 15.3 Å². The van der Waals surface area contributed by atoms with Crippen molar-refractivity contribution in [1.82, 2.24) is 10.2 Å². The zero-order valence-corrected chi connectivity index (χ0v) is 13.4. The van der Waals surface area contributed by atoms with Crippen molar-refractivity contribution in [3.8, 4) is 0 Å². The molecule has 2 fully saturated rings. The van der Waals surface area contributed by atoms with Gasteiger partial charge >= 0.3 is 6.03 Å². The number of aliphatic hydroxyl groups is 1. The summed E-state index contributed by atoms with van der Waals surface area (Å²) in [6.07, 6.45) is 6.90. The van der Waals surface area contributed by atoms with Crippen molar-refractivity contribution >= 4 is 6.03 Å². The van der Waals surface area contributed by atoms with E-state index in [-0.39, 0.29) is 23.2 Å². The topological polar surface area (TPSA) is 52.6 Å². The van der Waals surface area contributed by atoms with Crippen molar-refractivity contribution in [2.75, 3.05) is 0 Å². The highest BCUT2D eigenvalue weighted by atomic mass is 16.3. The highest BCUT2D eigenvalue weighted by Crippen LogP contribution is 2.38. The normalized spacial score (nSPS) is 27.4. The number of amides is 2. The fourth-order valence-corrected chi connectivity index (χ4v) is 4.26. The van der Waals surface area contributed by atoms with Crippen LogP contribution >= 0.6 is 0 Å². The second kappa shape index (κ2) is 5.55. The number of piperidine rings is 1. The Hall–Kier alpha value is -0.770. The van der Waals surface area contributed by atoms with Crippen LogP contribution in [-0.4, -0.2) is 39.3 Å². The third-order valence-electron chi connectivity index (χ3n) is 4.82. The summed E-state index contributed by atoms with van der Waals surface area (Å²) in [4.78, 5) is 14.7. The second-order valence-corrected chi connectivity index (χ2v) is 7.81. The molecule has 2 rings (SSSR count). The number of rotatable bonds is 1. The third-order valence-corrected chi connectivity index (χ3v) is 4.82. The van der Waals surface area contributed by atoms with Gasteiger partial charge in [-0.3, -0.25) is 0 Å². The number of hydrogen-bond acceptors (Lipinski definition) is 2. The van der Waals surface area contributed by atoms with Crippen LogP contribution in [0.25, 0.3) is 0 Å². The molecule has 4 nitrogen and oxygen atoms in total. The van der Waals surface area contributed by atoms with Gasteiger partial charge in [0.05, 0.1) is 6.10 Å². The van der Waals surface area contributed by atoms with E-state index in [1.54, 1.807) is 0 Å². The van der Waals surface area contributed by atoms with Gasteiger partial charge in [0.1, 0.15) is 0 Å². The molecule has 0 unspecified atom stereocenters. The predicted octanol–water partition coefficient (Wildman–Crippen LogP) is 3.04. The van der Waals surface area contributed by atoms with Crippen molar-refractivity contribution < 1.29 is 9.90 Å². The first kappa shape index (κ1) is 15.6. The lowest BCUT2D eigenvalue weighted by atomic mass is 9.78. The molecule has 1 heterocycles. The van der Waals surface area contributed by atoms with Crippen LogP contribution in [0.3, 0.4) is 0 Å². The molecule has 2 N–H and O–H groups in total. The average molecular weight is 282 g/mol. The van der Waals surface area contributed by atoms with Gasteiger partial charge in [-0.25, -0.2) is 4.79 Å². The van der Waals surface area contributed by atoms with Crippen LogP contribution in [0.15, 0.2) is 0 Å². The summed E-state index contributed by atoms with van der Waals surface area (Å²) in [6.45, 7) is 8.21. The highest BCUT2D eigenvalue weighted by Gasteiger charge is 2.47. The minimum atomic E-state index is -0.321. The second-order valence-electron chi connectivity index (χ2n) is 7.81. The Kier molecular flexibility index (Phi) is 4.33. The molecular formula is C16H30N2O2. The van der Waals surface area contributed by atoms with E-state index in [1.807, 2.05) is 4.90 Å². The number of urea groups is 1. The molecule has 116 valence electrons. The largest absolute Gasteiger partial charge is 0.393 e. The van der Waals surface area contributed by atoms with E-state index in [1.165, 1.54) is 19.3 Å². The molecule has 0 bridgehead atoms. The number of carbonyl (C=O) groups is 1. The molecule has 2 aliphatic rings. The van der Waals surface area contributed by atoms with E-state index in [0.29, 0.717) is 18.9 Å². The molecule has 0 aromatic carbocycles. The number of likely N-dealkylation sites (tertiary alicyclic amines) is 1. The molecular weight excluding hydrogens is 252 g/mol. The van der Waals surface area contributed by atoms with Gasteiger partial charge in [0.25, 0.3) is 0 Å². The highest BCUT2D eigenvalue weighted by molar-refractivity contribution is 5.76. The molecule has 4 heteroatoms. The molecule has 1 aliphatic carbocycles. The third kappa shape index (κ3) is 3.27. The van der Waals surface area contributed by atoms with E-state index in [9.17, 15) is 9.90 Å². The number of hydrogen-bond donors (Lipinski definition) is 2. The maximum atomic E-state index is 12.7. The Morgan fingerprint density at radius 2 is 1.55 bits per heavy atom. The van der Waals surface area contributed by atoms with E-state index >= 15 is 0 Å². The summed E-state index contributed by atoms with van der Waals surface area (Å²) in [5, 5.41) is 13.3. The Balaban J connectivity index is 2.09. The molecule has 0 spiro atoms. The van der Waals surface area contributed by atoms with Crippen molar-refractivity contribution in [3.63, 3.8) is 0 Å². The van der Waals surface area contributed by atoms with Crippen molar-refractivity contribution in [2.24, 2.45) is 0 Å². The van der Waals surface area contributed by atoms with Gasteiger partial charge in [0.15, 0.2) is 0 Å². The quantitative estimate of drug-likeness (QED) is 0.776. The van der Waals surface area contributed by atoms with Crippen LogP contribution in [0, 0.1) is 0 Å². The fraction of sp³-hybridized carbons (Fsp3) is 0.938. The smallest absolute Gasteiger partial charge is 0.318 e. The maximum Gasteiger partial charge on any atom is 0.318 e. The standard InChI is InChI=1S/C16H30N2O2/c1-15(2)10-13(19)11-16(3,4)18(15)14(20)17-12-8-6-5-7-9-12/h12-13,19H,5-11H2,1-4H3,(H,17,20). The number of carbonyl (C=O) groups excluding carboxylic acids is 1. The fourth-order valence-electron chi connectivity index (χ4n) is 4.26. The summed E-state index contributed by atoms with van der Waals surface area (Å²) >= 11 is 0. The van der Waals surface area contributed by atoms with Gasteiger partial charge in [-0.1, -0.05) is 19.3 Å². The Labute approximate surface area is 122 Å². The predicted molar refractivity (Wildman–Crippen MR) is 80.6 cm³/mol. The lowest BCUT2D eigenvalue weighted by Crippen LogP contribution is -2.66. The summed E-state index contributed by atoms with van der Waals surface area (Å²) in [6, 6.07) is 0.369. The molecule has 0 atom stereocenters. The molecule has 0 radical (unpaired) electrons. The van der Waals surface area contributed by atoms with Crippen LogP contribution in [0.1, 0.15) is 72.6 Å². The van der Waals surface area contributed by atoms with E-state index in [2.05, 4.69) is 33.0 Å². The summed E-state index contributed by atoms with van der Waals surface area (Å²) in [5.41, 5.74) is -0.611. The SMILES string of the molecule is CC1(C)CC(O)CC(C)(C)N1C(=O)NC1CCCCC1. The van der Waals surface area contributed by atoms with Gasteiger partial charge in [-0.05, 0) is 53.4 Å². The Bertz CT molecular complexity index is 341. The van der Waals surface area contributed by atoms with Crippen LogP contribution in [0.2, 0.25) is 0 Å². The number of aliphatic hydroxyl groups excluding tert-OH is 1. The van der Waals surface area contributed by atoms with Crippen molar-refractivity contribution in [3.05, 3.63) is 0 Å². The minimum Gasteiger partial charge on any atom is -0.393 e. The monoisotopic (exact) mass is 282 g/mol. The zero-order chi connectivity index (χ0) is 15.0. The molecule has 20 heavy (non-hydrogen) atoms. The van der Waals surface area contributed by atoms with Gasteiger partial charge in [0.2, 0.25) is 0 Å². The Morgan fingerprint density at radius 1 is 1.05 bits per heavy atom. The first-order valence-corrected chi connectivity index (χ1v) is 8.01. The Morgan fingerprint density at radius 3 is 2.05 bits per heavy atom. The first-order chi connectivity index (χ1) is 9.22. The molecule has 1 aliphatic heterocycles. The summed E-state index contributed by atoms with van der Waals surface area (Å²) in [5.74, 6) is 0. The van der Waals surface area contributed by atoms with Crippen LogP contribution in [0.5, 0.6) is 0 Å². The van der Waals surface area contributed by atoms with Crippen LogP contribution < -0.4 is 5.32 Å². The lowest BCUT2D eigenvalue weighted by molar-refractivity contribution is -0.0512. The number of nitrogens with one attached hydrogen (secondary N) is 1. The average Bonchev–Trinajstić information content (AvgIpc) is 2.25. The van der Waals surface area contributed by atoms with E-state index in [4.69, 9.17) is 0 Å². The van der Waals surface area contributed by atoms with E-state index < -0.39 is 0 Å². The maximum absolute atomic E-state index is 12.7. The van der Waals surface area contributed by atoms with E-state index in [0.717, 1.165) is 12.8 Å². The number of nitrogens with zero attached hydrogens (tertiary/aromatic N) is 1. The van der Waals surface area contributed by atoms with Crippen LogP contribution in [-0.2, 0) is 0 Å². The summed E-state index contributed by atoms with van der Waals surface area (Å²) in [7, 11) is 0. The van der Waals surface area contributed by atoms with Gasteiger partial charge in [-0.2, -0.15) is 0 Å². The minimum absolute atomic E-state index is 0.0406. The molecule has 1 saturated carbocycles. The molecule has 2 amide bonds. The zero-order valence-electron chi connectivity index (χ0n) is 13.4. The molecule has 1 saturated heterocycles. The molecule has 0 aromatic rings. The lowest BCUT2D eigenvalue weighted by Gasteiger charge is -2.54. The first-order valence-electron chi connectivity index (χ1n) is 8.01. The van der Waals surface area contributed by atoms with Crippen molar-refractivity contribution in [1.29, 1.82) is 0 Å². The van der Waals surface area contributed by atoms with Crippen LogP contribution in [0.4, 0.5) is 4.79 Å².